The van der Waals surface area contributed by atoms with E-state index in [2.05, 4.69) is 4.99 Å². The van der Waals surface area contributed by atoms with Crippen molar-refractivity contribution in [2.75, 3.05) is 13.1 Å². The second-order valence-electron chi connectivity index (χ2n) is 7.80. The third-order valence-electron chi connectivity index (χ3n) is 5.69. The van der Waals surface area contributed by atoms with Crippen molar-refractivity contribution in [2.24, 2.45) is 4.99 Å². The molecule has 0 aliphatic carbocycles. The highest BCUT2D eigenvalue weighted by Crippen LogP contribution is 2.24. The highest BCUT2D eigenvalue weighted by molar-refractivity contribution is 7.89. The van der Waals surface area contributed by atoms with E-state index in [4.69, 9.17) is 0 Å². The summed E-state index contributed by atoms with van der Waals surface area (Å²) in [5, 5.41) is 11.1. The van der Waals surface area contributed by atoms with Gasteiger partial charge < -0.3 is 4.57 Å². The monoisotopic (exact) mass is 488 g/mol. The second-order valence-corrected chi connectivity index (χ2v) is 10.7. The SMILES string of the molecule is CCn1c(=NC(=O)c2ccc(S(=O)(=O)N3CCCCCC3)cc2)sc2cc([N+](=O)[O-])ccc21. The Morgan fingerprint density at radius 3 is 2.36 bits per heavy atom. The van der Waals surface area contributed by atoms with Crippen molar-refractivity contribution in [3.63, 3.8) is 0 Å². The maximum atomic E-state index is 12.9. The standard InChI is InChI=1S/C22H24N4O5S2/c1-2-25-19-12-9-17(26(28)29)15-20(19)32-22(25)23-21(27)16-7-10-18(11-8-16)33(30,31)24-13-5-3-4-6-14-24/h7-12,15H,2-6,13-14H2,1H3. The van der Waals surface area contributed by atoms with E-state index in [9.17, 15) is 23.3 Å². The van der Waals surface area contributed by atoms with Gasteiger partial charge in [0.05, 0.1) is 20.0 Å². The van der Waals surface area contributed by atoms with Gasteiger partial charge in [-0.25, -0.2) is 8.42 Å². The number of benzene rings is 2. The van der Waals surface area contributed by atoms with Gasteiger partial charge in [0.25, 0.3) is 11.6 Å². The first-order valence-electron chi connectivity index (χ1n) is 10.8. The van der Waals surface area contributed by atoms with Crippen LogP contribution in [0, 0.1) is 10.1 Å². The number of fused-ring (bicyclic) bond motifs is 1. The number of amides is 1. The van der Waals surface area contributed by atoms with Crippen LogP contribution < -0.4 is 4.80 Å². The number of thiazole rings is 1. The number of nitrogens with zero attached hydrogens (tertiary/aromatic N) is 4. The fourth-order valence-electron chi connectivity index (χ4n) is 3.92. The number of rotatable bonds is 5. The van der Waals surface area contributed by atoms with Crippen molar-refractivity contribution in [1.82, 2.24) is 8.87 Å². The molecule has 0 spiro atoms. The van der Waals surface area contributed by atoms with E-state index in [1.807, 2.05) is 11.5 Å². The molecule has 174 valence electrons. The second kappa shape index (κ2) is 9.54. The van der Waals surface area contributed by atoms with Gasteiger partial charge in [-0.05, 0) is 50.1 Å². The largest absolute Gasteiger partial charge is 0.317 e. The molecule has 1 saturated heterocycles. The Balaban J connectivity index is 1.63. The topological polar surface area (TPSA) is 115 Å². The molecule has 33 heavy (non-hydrogen) atoms. The van der Waals surface area contributed by atoms with Crippen LogP contribution in [0.1, 0.15) is 43.0 Å². The quantitative estimate of drug-likeness (QED) is 0.399. The zero-order valence-corrected chi connectivity index (χ0v) is 19.8. The summed E-state index contributed by atoms with van der Waals surface area (Å²) in [4.78, 5) is 28.2. The van der Waals surface area contributed by atoms with Crippen molar-refractivity contribution >= 4 is 43.2 Å². The maximum Gasteiger partial charge on any atom is 0.279 e. The molecule has 1 aliphatic rings. The highest BCUT2D eigenvalue weighted by atomic mass is 32.2. The molecule has 3 aromatic rings. The van der Waals surface area contributed by atoms with Crippen molar-refractivity contribution in [3.05, 3.63) is 62.9 Å². The molecule has 1 aromatic heterocycles. The van der Waals surface area contributed by atoms with Crippen LogP contribution in [0.15, 0.2) is 52.4 Å². The van der Waals surface area contributed by atoms with Gasteiger partial charge in [0.15, 0.2) is 4.80 Å². The van der Waals surface area contributed by atoms with Crippen LogP contribution in [-0.2, 0) is 16.6 Å². The van der Waals surface area contributed by atoms with E-state index in [1.165, 1.54) is 52.0 Å². The van der Waals surface area contributed by atoms with E-state index >= 15 is 0 Å². The lowest BCUT2D eigenvalue weighted by atomic mass is 10.2. The molecule has 11 heteroatoms. The number of nitro benzene ring substituents is 1. The summed E-state index contributed by atoms with van der Waals surface area (Å²) in [6.45, 7) is 3.47. The minimum atomic E-state index is -3.59. The van der Waals surface area contributed by atoms with Gasteiger partial charge in [0, 0.05) is 37.3 Å². The van der Waals surface area contributed by atoms with Gasteiger partial charge in [0.1, 0.15) is 0 Å². The summed E-state index contributed by atoms with van der Waals surface area (Å²) in [7, 11) is -3.59. The number of non-ortho nitro benzene ring substituents is 1. The summed E-state index contributed by atoms with van der Waals surface area (Å²) in [5.74, 6) is -0.503. The summed E-state index contributed by atoms with van der Waals surface area (Å²) >= 11 is 1.20. The van der Waals surface area contributed by atoms with Gasteiger partial charge in [0.2, 0.25) is 10.0 Å². The van der Waals surface area contributed by atoms with Crippen molar-refractivity contribution < 1.29 is 18.1 Å². The Morgan fingerprint density at radius 1 is 1.09 bits per heavy atom. The van der Waals surface area contributed by atoms with Crippen LogP contribution in [0.5, 0.6) is 0 Å². The lowest BCUT2D eigenvalue weighted by molar-refractivity contribution is -0.384. The van der Waals surface area contributed by atoms with E-state index in [-0.39, 0.29) is 16.1 Å². The first kappa shape index (κ1) is 23.3. The molecular weight excluding hydrogens is 464 g/mol. The first-order chi connectivity index (χ1) is 15.8. The normalized spacial score (nSPS) is 16.1. The molecule has 0 N–H and O–H groups in total. The molecule has 0 unspecified atom stereocenters. The smallest absolute Gasteiger partial charge is 0.279 e. The third-order valence-corrected chi connectivity index (χ3v) is 8.65. The number of hydrogen-bond acceptors (Lipinski definition) is 6. The van der Waals surface area contributed by atoms with Crippen LogP contribution in [-0.4, -0.2) is 41.2 Å². The minimum Gasteiger partial charge on any atom is -0.317 e. The molecule has 0 saturated carbocycles. The summed E-state index contributed by atoms with van der Waals surface area (Å²) in [5.41, 5.74) is 1.01. The minimum absolute atomic E-state index is 0.0221. The van der Waals surface area contributed by atoms with E-state index < -0.39 is 20.9 Å². The van der Waals surface area contributed by atoms with Crippen molar-refractivity contribution in [3.8, 4) is 0 Å². The van der Waals surface area contributed by atoms with Crippen LogP contribution >= 0.6 is 11.3 Å². The molecule has 2 aromatic carbocycles. The molecule has 1 fully saturated rings. The summed E-state index contributed by atoms with van der Waals surface area (Å²) < 4.78 is 29.9. The van der Waals surface area contributed by atoms with Crippen LogP contribution in [0.2, 0.25) is 0 Å². The molecule has 1 amide bonds. The van der Waals surface area contributed by atoms with Gasteiger partial charge >= 0.3 is 0 Å². The number of carbonyl (C=O) groups is 1. The Bertz CT molecular complexity index is 1370. The fraction of sp³-hybridized carbons (Fsp3) is 0.364. The molecule has 9 nitrogen and oxygen atoms in total. The van der Waals surface area contributed by atoms with Crippen molar-refractivity contribution in [2.45, 2.75) is 44.0 Å². The molecule has 1 aliphatic heterocycles. The zero-order chi connectivity index (χ0) is 23.6. The molecule has 0 bridgehead atoms. The number of sulfonamides is 1. The first-order valence-corrected chi connectivity index (χ1v) is 13.0. The van der Waals surface area contributed by atoms with Gasteiger partial charge in [-0.1, -0.05) is 24.2 Å². The summed E-state index contributed by atoms with van der Waals surface area (Å²) in [6.07, 6.45) is 3.77. The Kier molecular flexibility index (Phi) is 6.73. The lowest BCUT2D eigenvalue weighted by Crippen LogP contribution is -2.31. The van der Waals surface area contributed by atoms with Gasteiger partial charge in [-0.15, -0.1) is 0 Å². The van der Waals surface area contributed by atoms with Gasteiger partial charge in [-0.2, -0.15) is 9.30 Å². The Labute approximate surface area is 195 Å². The Morgan fingerprint density at radius 2 is 1.76 bits per heavy atom. The molecule has 2 heterocycles. The summed E-state index contributed by atoms with van der Waals surface area (Å²) in [6, 6.07) is 10.4. The van der Waals surface area contributed by atoms with E-state index in [0.717, 1.165) is 31.2 Å². The predicted octanol–water partition coefficient (Wildman–Crippen LogP) is 3.94. The highest BCUT2D eigenvalue weighted by Gasteiger charge is 2.25. The average Bonchev–Trinajstić information content (AvgIpc) is 2.95. The van der Waals surface area contributed by atoms with Crippen LogP contribution in [0.4, 0.5) is 5.69 Å². The van der Waals surface area contributed by atoms with E-state index in [1.54, 1.807) is 6.07 Å². The fourth-order valence-corrected chi connectivity index (χ4v) is 6.56. The molecular formula is C22H24N4O5S2. The Hall–Kier alpha value is -2.89. The average molecular weight is 489 g/mol. The number of hydrogen-bond donors (Lipinski definition) is 0. The third kappa shape index (κ3) is 4.75. The predicted molar refractivity (Wildman–Crippen MR) is 126 cm³/mol. The lowest BCUT2D eigenvalue weighted by Gasteiger charge is -2.19. The number of carbonyl (C=O) groups excluding carboxylic acids is 1. The number of aromatic nitrogens is 1. The van der Waals surface area contributed by atoms with Gasteiger partial charge in [-0.3, -0.25) is 14.9 Å². The van der Waals surface area contributed by atoms with Crippen LogP contribution in [0.25, 0.3) is 10.2 Å². The number of nitro groups is 1. The molecule has 0 atom stereocenters. The van der Waals surface area contributed by atoms with Crippen molar-refractivity contribution in [1.29, 1.82) is 0 Å². The molecule has 4 rings (SSSR count). The van der Waals surface area contributed by atoms with Crippen LogP contribution in [0.3, 0.4) is 0 Å². The zero-order valence-electron chi connectivity index (χ0n) is 18.1. The van der Waals surface area contributed by atoms with E-state index in [0.29, 0.717) is 29.1 Å². The molecule has 0 radical (unpaired) electrons. The maximum absolute atomic E-state index is 12.9. The number of aryl methyl sites for hydroxylation is 1.